The molecule has 0 spiro atoms. The fourth-order valence-electron chi connectivity index (χ4n) is 3.70. The third-order valence-electron chi connectivity index (χ3n) is 5.59. The van der Waals surface area contributed by atoms with Gasteiger partial charge in [-0.2, -0.15) is 0 Å². The molecule has 0 unspecified atom stereocenters. The van der Waals surface area contributed by atoms with Crippen molar-refractivity contribution in [3.05, 3.63) is 95.4 Å². The van der Waals surface area contributed by atoms with E-state index in [9.17, 15) is 4.79 Å². The molecule has 1 heterocycles. The molecule has 0 fully saturated rings. The number of hydrogen-bond acceptors (Lipinski definition) is 6. The lowest BCUT2D eigenvalue weighted by Gasteiger charge is -2.14. The summed E-state index contributed by atoms with van der Waals surface area (Å²) in [5, 5.41) is 8.99. The number of benzene rings is 3. The maximum absolute atomic E-state index is 10.9. The summed E-state index contributed by atoms with van der Waals surface area (Å²) in [7, 11) is 0. The van der Waals surface area contributed by atoms with Gasteiger partial charge in [0.2, 0.25) is 5.89 Å². The van der Waals surface area contributed by atoms with Crippen LogP contribution < -0.4 is 14.2 Å². The van der Waals surface area contributed by atoms with Gasteiger partial charge < -0.3 is 23.7 Å². The van der Waals surface area contributed by atoms with E-state index in [-0.39, 0.29) is 13.0 Å². The fraction of sp³-hybridized carbons (Fsp3) is 0.241. The monoisotopic (exact) mass is 487 g/mol. The van der Waals surface area contributed by atoms with Crippen LogP contribution in [0.3, 0.4) is 0 Å². The second kappa shape index (κ2) is 11.9. The van der Waals surface area contributed by atoms with E-state index < -0.39 is 5.97 Å². The van der Waals surface area contributed by atoms with Crippen LogP contribution in [0.2, 0.25) is 0 Å². The van der Waals surface area contributed by atoms with Crippen LogP contribution >= 0.6 is 0 Å². The SMILES string of the molecule is CCOc1cc(OCc2ccccc2OCc2nc(-c3ccccc3)oc2C)ccc1CCC(=O)O. The van der Waals surface area contributed by atoms with E-state index in [1.54, 1.807) is 6.07 Å². The first-order chi connectivity index (χ1) is 17.5. The number of nitrogens with zero attached hydrogens (tertiary/aromatic N) is 1. The van der Waals surface area contributed by atoms with Crippen molar-refractivity contribution in [2.45, 2.75) is 39.9 Å². The summed E-state index contributed by atoms with van der Waals surface area (Å²) in [4.78, 5) is 15.5. The number of oxazole rings is 1. The van der Waals surface area contributed by atoms with E-state index in [1.165, 1.54) is 0 Å². The third kappa shape index (κ3) is 6.44. The molecule has 186 valence electrons. The molecule has 0 aliphatic heterocycles. The summed E-state index contributed by atoms with van der Waals surface area (Å²) in [6.07, 6.45) is 0.442. The Morgan fingerprint density at radius 2 is 1.67 bits per heavy atom. The van der Waals surface area contributed by atoms with Crippen molar-refractivity contribution in [2.75, 3.05) is 6.61 Å². The molecule has 3 aromatic carbocycles. The fourth-order valence-corrected chi connectivity index (χ4v) is 3.70. The van der Waals surface area contributed by atoms with Gasteiger partial charge in [0.15, 0.2) is 0 Å². The van der Waals surface area contributed by atoms with Gasteiger partial charge in [0.1, 0.15) is 41.9 Å². The molecule has 7 heteroatoms. The number of aryl methyl sites for hydroxylation is 2. The smallest absolute Gasteiger partial charge is 0.303 e. The van der Waals surface area contributed by atoms with Gasteiger partial charge in [-0.25, -0.2) is 4.98 Å². The number of aliphatic carboxylic acids is 1. The number of carboxylic acids is 1. The summed E-state index contributed by atoms with van der Waals surface area (Å²) in [6, 6.07) is 22.9. The van der Waals surface area contributed by atoms with Gasteiger partial charge in [0.05, 0.1) is 6.61 Å². The molecule has 7 nitrogen and oxygen atoms in total. The molecule has 0 radical (unpaired) electrons. The van der Waals surface area contributed by atoms with Crippen LogP contribution in [-0.2, 0) is 24.4 Å². The zero-order valence-corrected chi connectivity index (χ0v) is 20.4. The minimum absolute atomic E-state index is 0.0445. The van der Waals surface area contributed by atoms with Gasteiger partial charge in [-0.15, -0.1) is 0 Å². The van der Waals surface area contributed by atoms with Crippen molar-refractivity contribution in [1.82, 2.24) is 4.98 Å². The highest BCUT2D eigenvalue weighted by Crippen LogP contribution is 2.29. The maximum atomic E-state index is 10.9. The largest absolute Gasteiger partial charge is 0.493 e. The lowest BCUT2D eigenvalue weighted by atomic mass is 10.1. The first-order valence-corrected chi connectivity index (χ1v) is 11.9. The summed E-state index contributed by atoms with van der Waals surface area (Å²) < 4.78 is 23.7. The molecule has 0 saturated heterocycles. The summed E-state index contributed by atoms with van der Waals surface area (Å²) in [6.45, 7) is 4.81. The minimum atomic E-state index is -0.841. The van der Waals surface area contributed by atoms with Crippen LogP contribution in [0.4, 0.5) is 0 Å². The maximum Gasteiger partial charge on any atom is 0.303 e. The Labute approximate surface area is 210 Å². The molecule has 0 aliphatic rings. The van der Waals surface area contributed by atoms with E-state index in [0.29, 0.717) is 48.5 Å². The highest BCUT2D eigenvalue weighted by molar-refractivity contribution is 5.67. The Hall–Kier alpha value is -4.26. The molecule has 4 aromatic rings. The Morgan fingerprint density at radius 1 is 0.889 bits per heavy atom. The standard InChI is InChI=1S/C29H29NO6/c1-3-33-27-17-24(15-13-21(27)14-16-28(31)32)34-18-23-11-7-8-12-26(23)35-19-25-20(2)36-29(30-25)22-9-5-4-6-10-22/h4-13,15,17H,3,14,16,18-19H2,1-2H3,(H,31,32). The highest BCUT2D eigenvalue weighted by Gasteiger charge is 2.14. The van der Waals surface area contributed by atoms with Gasteiger partial charge >= 0.3 is 5.97 Å². The van der Waals surface area contributed by atoms with Crippen LogP contribution in [-0.4, -0.2) is 22.7 Å². The summed E-state index contributed by atoms with van der Waals surface area (Å²) in [5.74, 6) is 2.41. The second-order valence-corrected chi connectivity index (χ2v) is 8.17. The van der Waals surface area contributed by atoms with E-state index >= 15 is 0 Å². The predicted molar refractivity (Wildman–Crippen MR) is 135 cm³/mol. The molecule has 0 atom stereocenters. The van der Waals surface area contributed by atoms with Crippen molar-refractivity contribution in [2.24, 2.45) is 0 Å². The number of hydrogen-bond donors (Lipinski definition) is 1. The molecule has 0 aliphatic carbocycles. The van der Waals surface area contributed by atoms with Crippen molar-refractivity contribution >= 4 is 5.97 Å². The molecular formula is C29H29NO6. The van der Waals surface area contributed by atoms with Gasteiger partial charge in [-0.1, -0.05) is 42.5 Å². The van der Waals surface area contributed by atoms with Gasteiger partial charge in [-0.3, -0.25) is 4.79 Å². The third-order valence-corrected chi connectivity index (χ3v) is 5.59. The Morgan fingerprint density at radius 3 is 2.44 bits per heavy atom. The molecule has 0 amide bonds. The molecule has 36 heavy (non-hydrogen) atoms. The van der Waals surface area contributed by atoms with Crippen LogP contribution in [0.25, 0.3) is 11.5 Å². The second-order valence-electron chi connectivity index (χ2n) is 8.17. The van der Waals surface area contributed by atoms with Crippen LogP contribution in [0.15, 0.2) is 77.2 Å². The Kier molecular flexibility index (Phi) is 8.24. The van der Waals surface area contributed by atoms with E-state index in [2.05, 4.69) is 4.98 Å². The average molecular weight is 488 g/mol. The zero-order chi connectivity index (χ0) is 25.3. The lowest BCUT2D eigenvalue weighted by molar-refractivity contribution is -0.136. The molecule has 0 bridgehead atoms. The van der Waals surface area contributed by atoms with Gasteiger partial charge in [0, 0.05) is 23.6 Å². The normalized spacial score (nSPS) is 10.7. The van der Waals surface area contributed by atoms with E-state index in [1.807, 2.05) is 80.6 Å². The molecule has 0 saturated carbocycles. The first kappa shape index (κ1) is 24.9. The summed E-state index contributed by atoms with van der Waals surface area (Å²) in [5.41, 5.74) is 3.38. The average Bonchev–Trinajstić information content (AvgIpc) is 3.27. The van der Waals surface area contributed by atoms with E-state index in [4.69, 9.17) is 23.7 Å². The quantitative estimate of drug-likeness (QED) is 0.253. The van der Waals surface area contributed by atoms with Gasteiger partial charge in [-0.05, 0) is 50.1 Å². The topological polar surface area (TPSA) is 91.0 Å². The molecular weight excluding hydrogens is 458 g/mol. The van der Waals surface area contributed by atoms with E-state index in [0.717, 1.165) is 22.4 Å². The number of carboxylic acid groups (broad SMARTS) is 1. The lowest BCUT2D eigenvalue weighted by Crippen LogP contribution is -2.04. The number of rotatable bonds is 12. The number of aromatic nitrogens is 1. The summed E-state index contributed by atoms with van der Waals surface area (Å²) >= 11 is 0. The first-order valence-electron chi connectivity index (χ1n) is 11.9. The highest BCUT2D eigenvalue weighted by atomic mass is 16.5. The predicted octanol–water partition coefficient (Wildman–Crippen LogP) is 6.22. The van der Waals surface area contributed by atoms with Gasteiger partial charge in [0.25, 0.3) is 0 Å². The number of ether oxygens (including phenoxy) is 3. The molecule has 1 N–H and O–H groups in total. The Bertz CT molecular complexity index is 1300. The van der Waals surface area contributed by atoms with Crippen molar-refractivity contribution < 1.29 is 28.5 Å². The molecule has 1 aromatic heterocycles. The van der Waals surface area contributed by atoms with Crippen molar-refractivity contribution in [1.29, 1.82) is 0 Å². The zero-order valence-electron chi connectivity index (χ0n) is 20.4. The number of carbonyl (C=O) groups is 1. The minimum Gasteiger partial charge on any atom is -0.493 e. The van der Waals surface area contributed by atoms with Crippen molar-refractivity contribution in [3.63, 3.8) is 0 Å². The van der Waals surface area contributed by atoms with Crippen LogP contribution in [0.5, 0.6) is 17.2 Å². The van der Waals surface area contributed by atoms with Crippen LogP contribution in [0.1, 0.15) is 35.9 Å². The molecule has 4 rings (SSSR count). The van der Waals surface area contributed by atoms with Crippen LogP contribution in [0, 0.1) is 6.92 Å². The number of para-hydroxylation sites is 1. The Balaban J connectivity index is 1.42. The van der Waals surface area contributed by atoms with Crippen molar-refractivity contribution in [3.8, 4) is 28.7 Å².